The van der Waals surface area contributed by atoms with E-state index in [0.29, 0.717) is 38.6 Å². The third-order valence-electron chi connectivity index (χ3n) is 7.52. The number of hydrogen-bond acceptors (Lipinski definition) is 5. The summed E-state index contributed by atoms with van der Waals surface area (Å²) in [7, 11) is 0. The van der Waals surface area contributed by atoms with Crippen LogP contribution in [0, 0.1) is 6.92 Å². The largest absolute Gasteiger partial charge is 0.350 e. The fourth-order valence-corrected chi connectivity index (χ4v) is 4.88. The van der Waals surface area contributed by atoms with Crippen LogP contribution in [0.2, 0.25) is 0 Å². The van der Waals surface area contributed by atoms with Crippen LogP contribution in [0.15, 0.2) is 109 Å². The Hall–Kier alpha value is -4.82. The minimum atomic E-state index is -0.879. The number of benzene rings is 3. The molecule has 4 aromatic rings. The second-order valence-electron chi connectivity index (χ2n) is 11.0. The molecule has 8 nitrogen and oxygen atoms in total. The lowest BCUT2D eigenvalue weighted by Gasteiger charge is -2.24. The van der Waals surface area contributed by atoms with Gasteiger partial charge in [-0.25, -0.2) is 0 Å². The highest BCUT2D eigenvalue weighted by molar-refractivity contribution is 5.93. The molecule has 8 heteroatoms. The molecule has 1 heterocycles. The molecule has 0 saturated carbocycles. The molecule has 0 saturated heterocycles. The summed E-state index contributed by atoms with van der Waals surface area (Å²) in [6, 6.07) is 28.6. The van der Waals surface area contributed by atoms with Crippen molar-refractivity contribution in [2.75, 3.05) is 0 Å². The summed E-state index contributed by atoms with van der Waals surface area (Å²) in [5.41, 5.74) is 11.3. The van der Waals surface area contributed by atoms with E-state index in [9.17, 15) is 14.4 Å². The summed E-state index contributed by atoms with van der Waals surface area (Å²) in [5.74, 6) is -1.13. The number of hydrogen-bond donors (Lipinski definition) is 4. The fourth-order valence-electron chi connectivity index (χ4n) is 4.88. The van der Waals surface area contributed by atoms with Crippen LogP contribution in [0.5, 0.6) is 0 Å². The van der Waals surface area contributed by atoms with Crippen molar-refractivity contribution in [3.05, 3.63) is 137 Å². The predicted molar refractivity (Wildman–Crippen MR) is 172 cm³/mol. The zero-order chi connectivity index (χ0) is 31.1. The maximum Gasteiger partial charge on any atom is 0.243 e. The van der Waals surface area contributed by atoms with Crippen LogP contribution in [-0.2, 0) is 40.2 Å². The first-order chi connectivity index (χ1) is 21.4. The van der Waals surface area contributed by atoms with Gasteiger partial charge in [0, 0.05) is 18.9 Å². The van der Waals surface area contributed by atoms with Crippen LogP contribution in [0.25, 0.3) is 0 Å². The zero-order valence-corrected chi connectivity index (χ0v) is 25.1. The van der Waals surface area contributed by atoms with E-state index < -0.39 is 29.9 Å². The quantitative estimate of drug-likeness (QED) is 0.167. The van der Waals surface area contributed by atoms with Crippen LogP contribution < -0.4 is 21.7 Å². The van der Waals surface area contributed by atoms with Gasteiger partial charge in [-0.1, -0.05) is 90.5 Å². The predicted octanol–water partition coefficient (Wildman–Crippen LogP) is 3.81. The number of aromatic nitrogens is 1. The first kappa shape index (κ1) is 32.1. The fraction of sp³-hybridized carbons (Fsp3) is 0.278. The smallest absolute Gasteiger partial charge is 0.243 e. The second-order valence-corrected chi connectivity index (χ2v) is 11.0. The van der Waals surface area contributed by atoms with Gasteiger partial charge in [0.2, 0.25) is 17.7 Å². The molecule has 0 spiro atoms. The standard InChI is InChI=1S/C36H41N5O3/c1-26-12-14-30(15-13-26)25-39-35(43)32(18-16-27-8-4-2-5-9-27)41-36(44)33(19-17-28-10-6-3-7-11-28)40-34(42)31(37)24-29-20-22-38-23-21-29/h2-15,20-23,31-33H,16-19,24-25,37H2,1H3,(H,39,43)(H,40,42)(H,41,44)/t31-,32-,33-/m0/s1. The van der Waals surface area contributed by atoms with Gasteiger partial charge >= 0.3 is 0 Å². The van der Waals surface area contributed by atoms with Crippen molar-refractivity contribution in [1.82, 2.24) is 20.9 Å². The van der Waals surface area contributed by atoms with Gasteiger partial charge in [-0.05, 0) is 73.4 Å². The molecule has 3 amide bonds. The lowest BCUT2D eigenvalue weighted by atomic mass is 10.0. The normalized spacial score (nSPS) is 12.9. The molecule has 0 aliphatic heterocycles. The molecule has 4 rings (SSSR count). The number of aryl methyl sites for hydroxylation is 3. The zero-order valence-electron chi connectivity index (χ0n) is 25.1. The SMILES string of the molecule is Cc1ccc(CNC(=O)[C@H](CCc2ccccc2)NC(=O)[C@H](CCc2ccccc2)NC(=O)[C@@H](N)Cc2ccncc2)cc1. The Morgan fingerprint density at radius 1 is 0.636 bits per heavy atom. The average Bonchev–Trinajstić information content (AvgIpc) is 3.05. The van der Waals surface area contributed by atoms with Gasteiger partial charge in [-0.3, -0.25) is 19.4 Å². The number of nitrogens with one attached hydrogen (secondary N) is 3. The topological polar surface area (TPSA) is 126 Å². The third-order valence-corrected chi connectivity index (χ3v) is 7.52. The lowest BCUT2D eigenvalue weighted by molar-refractivity contribution is -0.132. The summed E-state index contributed by atoms with van der Waals surface area (Å²) < 4.78 is 0. The van der Waals surface area contributed by atoms with Crippen LogP contribution >= 0.6 is 0 Å². The Morgan fingerprint density at radius 2 is 1.16 bits per heavy atom. The minimum absolute atomic E-state index is 0.280. The van der Waals surface area contributed by atoms with Crippen molar-refractivity contribution >= 4 is 17.7 Å². The molecular weight excluding hydrogens is 550 g/mol. The van der Waals surface area contributed by atoms with E-state index in [0.717, 1.165) is 27.8 Å². The average molecular weight is 592 g/mol. The van der Waals surface area contributed by atoms with Gasteiger partial charge in [-0.2, -0.15) is 0 Å². The maximum absolute atomic E-state index is 13.8. The minimum Gasteiger partial charge on any atom is -0.350 e. The van der Waals surface area contributed by atoms with Gasteiger partial charge in [0.15, 0.2) is 0 Å². The summed E-state index contributed by atoms with van der Waals surface area (Å²) >= 11 is 0. The Morgan fingerprint density at radius 3 is 1.73 bits per heavy atom. The highest BCUT2D eigenvalue weighted by atomic mass is 16.2. The van der Waals surface area contributed by atoms with Gasteiger partial charge in [0.1, 0.15) is 12.1 Å². The number of carbonyl (C=O) groups excluding carboxylic acids is 3. The monoisotopic (exact) mass is 591 g/mol. The molecule has 228 valence electrons. The molecule has 3 aromatic carbocycles. The molecule has 0 radical (unpaired) electrons. The molecule has 3 atom stereocenters. The van der Waals surface area contributed by atoms with Crippen LogP contribution in [-0.4, -0.2) is 40.8 Å². The molecule has 0 unspecified atom stereocenters. The third kappa shape index (κ3) is 10.5. The molecule has 0 aliphatic carbocycles. The highest BCUT2D eigenvalue weighted by Gasteiger charge is 2.28. The number of pyridine rings is 1. The van der Waals surface area contributed by atoms with Crippen molar-refractivity contribution < 1.29 is 14.4 Å². The molecular formula is C36H41N5O3. The summed E-state index contributed by atoms with van der Waals surface area (Å²) in [6.45, 7) is 2.35. The summed E-state index contributed by atoms with van der Waals surface area (Å²) in [6.07, 6.45) is 5.51. The molecule has 5 N–H and O–H groups in total. The number of carbonyl (C=O) groups is 3. The van der Waals surface area contributed by atoms with E-state index >= 15 is 0 Å². The second kappa shape index (κ2) is 16.7. The summed E-state index contributed by atoms with van der Waals surface area (Å²) in [5, 5.41) is 8.79. The van der Waals surface area contributed by atoms with Crippen molar-refractivity contribution in [2.24, 2.45) is 5.73 Å². The van der Waals surface area contributed by atoms with Crippen LogP contribution in [0.4, 0.5) is 0 Å². The van der Waals surface area contributed by atoms with Crippen molar-refractivity contribution in [1.29, 1.82) is 0 Å². The van der Waals surface area contributed by atoms with Gasteiger partial charge in [0.25, 0.3) is 0 Å². The van der Waals surface area contributed by atoms with Gasteiger partial charge in [0.05, 0.1) is 6.04 Å². The van der Waals surface area contributed by atoms with E-state index in [-0.39, 0.29) is 5.91 Å². The van der Waals surface area contributed by atoms with E-state index in [1.165, 1.54) is 0 Å². The van der Waals surface area contributed by atoms with Crippen molar-refractivity contribution in [3.8, 4) is 0 Å². The number of nitrogens with two attached hydrogens (primary N) is 1. The highest BCUT2D eigenvalue weighted by Crippen LogP contribution is 2.10. The van der Waals surface area contributed by atoms with Crippen LogP contribution in [0.1, 0.15) is 40.7 Å². The van der Waals surface area contributed by atoms with Crippen molar-refractivity contribution in [2.45, 2.75) is 63.7 Å². The molecule has 0 aliphatic rings. The summed E-state index contributed by atoms with van der Waals surface area (Å²) in [4.78, 5) is 44.4. The number of nitrogens with zero attached hydrogens (tertiary/aromatic N) is 1. The lowest BCUT2D eigenvalue weighted by Crippen LogP contribution is -2.56. The van der Waals surface area contributed by atoms with E-state index in [4.69, 9.17) is 5.73 Å². The van der Waals surface area contributed by atoms with E-state index in [1.54, 1.807) is 24.5 Å². The Bertz CT molecular complexity index is 1460. The van der Waals surface area contributed by atoms with Gasteiger partial charge in [-0.15, -0.1) is 0 Å². The molecule has 0 bridgehead atoms. The molecule has 1 aromatic heterocycles. The molecule has 0 fully saturated rings. The maximum atomic E-state index is 13.8. The molecule has 44 heavy (non-hydrogen) atoms. The van der Waals surface area contributed by atoms with Gasteiger partial charge < -0.3 is 21.7 Å². The van der Waals surface area contributed by atoms with Crippen molar-refractivity contribution in [3.63, 3.8) is 0 Å². The Balaban J connectivity index is 1.47. The first-order valence-electron chi connectivity index (χ1n) is 15.0. The number of amides is 3. The number of rotatable bonds is 15. The Kier molecular flexibility index (Phi) is 12.2. The Labute approximate surface area is 259 Å². The van der Waals surface area contributed by atoms with E-state index in [2.05, 4.69) is 20.9 Å². The van der Waals surface area contributed by atoms with Crippen LogP contribution in [0.3, 0.4) is 0 Å². The first-order valence-corrected chi connectivity index (χ1v) is 15.0. The van der Waals surface area contributed by atoms with E-state index in [1.807, 2.05) is 91.9 Å².